The molecular formula is C19H21ClN2O3. The van der Waals surface area contributed by atoms with E-state index in [2.05, 4.69) is 5.32 Å². The second-order valence-electron chi connectivity index (χ2n) is 5.80. The topological polar surface area (TPSA) is 58.6 Å². The van der Waals surface area contributed by atoms with Crippen molar-refractivity contribution < 1.29 is 14.3 Å². The van der Waals surface area contributed by atoms with Gasteiger partial charge in [0, 0.05) is 30.4 Å². The number of halogens is 1. The van der Waals surface area contributed by atoms with E-state index in [1.165, 1.54) is 7.11 Å². The molecule has 0 fully saturated rings. The molecule has 1 unspecified atom stereocenters. The molecule has 6 heteroatoms. The maximum Gasteiger partial charge on any atom is 0.307 e. The number of amides is 1. The van der Waals surface area contributed by atoms with Crippen LogP contribution in [-0.2, 0) is 9.53 Å². The molecule has 1 atom stereocenters. The van der Waals surface area contributed by atoms with E-state index >= 15 is 0 Å². The van der Waals surface area contributed by atoms with E-state index in [-0.39, 0.29) is 12.3 Å². The minimum absolute atomic E-state index is 0.0389. The number of benzene rings is 2. The lowest BCUT2D eigenvalue weighted by Crippen LogP contribution is -2.30. The molecule has 2 aromatic rings. The number of methoxy groups -OCH3 is 1. The first kappa shape index (κ1) is 18.8. The van der Waals surface area contributed by atoms with Crippen LogP contribution in [0.15, 0.2) is 48.5 Å². The van der Waals surface area contributed by atoms with Crippen molar-refractivity contribution in [3.8, 4) is 0 Å². The van der Waals surface area contributed by atoms with Gasteiger partial charge in [0.25, 0.3) is 5.91 Å². The first-order valence-corrected chi connectivity index (χ1v) is 8.19. The summed E-state index contributed by atoms with van der Waals surface area (Å²) in [4.78, 5) is 26.3. The second-order valence-corrected chi connectivity index (χ2v) is 6.24. The van der Waals surface area contributed by atoms with Crippen molar-refractivity contribution in [2.75, 3.05) is 26.1 Å². The predicted octanol–water partition coefficient (Wildman–Crippen LogP) is 3.44. The molecular weight excluding hydrogens is 340 g/mol. The Morgan fingerprint density at radius 1 is 1.16 bits per heavy atom. The minimum Gasteiger partial charge on any atom is -0.469 e. The lowest BCUT2D eigenvalue weighted by atomic mass is 10.0. The third kappa shape index (κ3) is 5.22. The quantitative estimate of drug-likeness (QED) is 0.802. The summed E-state index contributed by atoms with van der Waals surface area (Å²) in [5, 5.41) is 3.49. The Kier molecular flexibility index (Phi) is 6.42. The summed E-state index contributed by atoms with van der Waals surface area (Å²) in [5.41, 5.74) is 2.23. The Balaban J connectivity index is 2.23. The molecule has 2 aromatic carbocycles. The van der Waals surface area contributed by atoms with Gasteiger partial charge in [0.15, 0.2) is 0 Å². The number of rotatable bonds is 6. The summed E-state index contributed by atoms with van der Waals surface area (Å²) in [6, 6.07) is 13.8. The van der Waals surface area contributed by atoms with Crippen LogP contribution < -0.4 is 10.2 Å². The molecule has 0 saturated heterocycles. The fourth-order valence-corrected chi connectivity index (χ4v) is 2.49. The van der Waals surface area contributed by atoms with Crippen LogP contribution in [0.3, 0.4) is 0 Å². The van der Waals surface area contributed by atoms with Gasteiger partial charge in [-0.3, -0.25) is 9.59 Å². The molecule has 0 aliphatic rings. The smallest absolute Gasteiger partial charge is 0.307 e. The number of carbonyl (C=O) groups excluding carboxylic acids is 2. The molecule has 1 N–H and O–H groups in total. The van der Waals surface area contributed by atoms with Gasteiger partial charge in [-0.25, -0.2) is 0 Å². The van der Waals surface area contributed by atoms with E-state index < -0.39 is 12.0 Å². The number of nitrogens with one attached hydrogen (secondary N) is 1. The summed E-state index contributed by atoms with van der Waals surface area (Å²) in [6.45, 7) is 0. The van der Waals surface area contributed by atoms with Gasteiger partial charge in [0.2, 0.25) is 0 Å². The molecule has 0 radical (unpaired) electrons. The molecule has 25 heavy (non-hydrogen) atoms. The Bertz CT molecular complexity index is 745. The predicted molar refractivity (Wildman–Crippen MR) is 99.1 cm³/mol. The number of ether oxygens (including phenoxy) is 1. The van der Waals surface area contributed by atoms with Gasteiger partial charge in [0.1, 0.15) is 0 Å². The molecule has 5 nitrogen and oxygen atoms in total. The van der Waals surface area contributed by atoms with E-state index in [0.29, 0.717) is 10.6 Å². The summed E-state index contributed by atoms with van der Waals surface area (Å²) in [6.07, 6.45) is 0.0389. The van der Waals surface area contributed by atoms with Crippen molar-refractivity contribution in [1.29, 1.82) is 0 Å². The van der Waals surface area contributed by atoms with Crippen LogP contribution in [0.4, 0.5) is 5.69 Å². The van der Waals surface area contributed by atoms with Crippen molar-refractivity contribution in [1.82, 2.24) is 5.32 Å². The number of carbonyl (C=O) groups is 2. The van der Waals surface area contributed by atoms with Gasteiger partial charge in [-0.1, -0.05) is 29.8 Å². The van der Waals surface area contributed by atoms with Crippen LogP contribution in [0.25, 0.3) is 0 Å². The normalized spacial score (nSPS) is 11.5. The largest absolute Gasteiger partial charge is 0.469 e. The third-order valence-electron chi connectivity index (χ3n) is 3.80. The SMILES string of the molecule is COC(=O)CC(NC(=O)c1cccc(N(C)C)c1)c1ccc(Cl)cc1. The Morgan fingerprint density at radius 3 is 2.44 bits per heavy atom. The van der Waals surface area contributed by atoms with Crippen LogP contribution in [0.5, 0.6) is 0 Å². The highest BCUT2D eigenvalue weighted by atomic mass is 35.5. The van der Waals surface area contributed by atoms with Gasteiger partial charge < -0.3 is 15.0 Å². The van der Waals surface area contributed by atoms with Crippen molar-refractivity contribution in [2.45, 2.75) is 12.5 Å². The van der Waals surface area contributed by atoms with E-state index in [0.717, 1.165) is 11.3 Å². The van der Waals surface area contributed by atoms with Gasteiger partial charge in [-0.2, -0.15) is 0 Å². The summed E-state index contributed by atoms with van der Waals surface area (Å²) in [5.74, 6) is -0.658. The van der Waals surface area contributed by atoms with Crippen LogP contribution in [0, 0.1) is 0 Å². The zero-order valence-electron chi connectivity index (χ0n) is 14.5. The highest BCUT2D eigenvalue weighted by molar-refractivity contribution is 6.30. The first-order valence-electron chi connectivity index (χ1n) is 7.81. The highest BCUT2D eigenvalue weighted by Crippen LogP contribution is 2.21. The molecule has 2 rings (SSSR count). The molecule has 0 aromatic heterocycles. The fourth-order valence-electron chi connectivity index (χ4n) is 2.36. The average Bonchev–Trinajstić information content (AvgIpc) is 2.61. The molecule has 132 valence electrons. The standard InChI is InChI=1S/C19H21ClN2O3/c1-22(2)16-6-4-5-14(11-16)19(24)21-17(12-18(23)25-3)13-7-9-15(20)10-8-13/h4-11,17H,12H2,1-3H3,(H,21,24). The molecule has 0 aliphatic carbocycles. The Labute approximate surface area is 152 Å². The van der Waals surface area contributed by atoms with E-state index in [1.807, 2.05) is 31.1 Å². The van der Waals surface area contributed by atoms with E-state index in [4.69, 9.17) is 16.3 Å². The maximum absolute atomic E-state index is 12.6. The van der Waals surface area contributed by atoms with Gasteiger partial charge in [-0.15, -0.1) is 0 Å². The van der Waals surface area contributed by atoms with Crippen molar-refractivity contribution >= 4 is 29.2 Å². The second kappa shape index (κ2) is 8.53. The zero-order valence-corrected chi connectivity index (χ0v) is 15.2. The first-order chi connectivity index (χ1) is 11.9. The molecule has 0 bridgehead atoms. The van der Waals surface area contributed by atoms with E-state index in [1.54, 1.807) is 36.4 Å². The number of anilines is 1. The molecule has 1 amide bonds. The third-order valence-corrected chi connectivity index (χ3v) is 4.05. The molecule has 0 saturated carbocycles. The molecule has 0 heterocycles. The molecule has 0 spiro atoms. The van der Waals surface area contributed by atoms with Gasteiger partial charge in [0.05, 0.1) is 19.6 Å². The number of nitrogens with zero attached hydrogens (tertiary/aromatic N) is 1. The monoisotopic (exact) mass is 360 g/mol. The van der Waals surface area contributed by atoms with Crippen LogP contribution in [0.2, 0.25) is 5.02 Å². The highest BCUT2D eigenvalue weighted by Gasteiger charge is 2.20. The average molecular weight is 361 g/mol. The van der Waals surface area contributed by atoms with Crippen molar-refractivity contribution in [3.05, 3.63) is 64.7 Å². The van der Waals surface area contributed by atoms with Crippen LogP contribution in [0.1, 0.15) is 28.4 Å². The Hall–Kier alpha value is -2.53. The summed E-state index contributed by atoms with van der Waals surface area (Å²) >= 11 is 5.91. The lowest BCUT2D eigenvalue weighted by molar-refractivity contribution is -0.141. The number of esters is 1. The number of hydrogen-bond donors (Lipinski definition) is 1. The fraction of sp³-hybridized carbons (Fsp3) is 0.263. The van der Waals surface area contributed by atoms with Crippen LogP contribution in [-0.4, -0.2) is 33.1 Å². The summed E-state index contributed by atoms with van der Waals surface area (Å²) in [7, 11) is 5.14. The van der Waals surface area contributed by atoms with E-state index in [9.17, 15) is 9.59 Å². The minimum atomic E-state index is -0.500. The van der Waals surface area contributed by atoms with Crippen molar-refractivity contribution in [2.24, 2.45) is 0 Å². The lowest BCUT2D eigenvalue weighted by Gasteiger charge is -2.19. The van der Waals surface area contributed by atoms with Crippen molar-refractivity contribution in [3.63, 3.8) is 0 Å². The summed E-state index contributed by atoms with van der Waals surface area (Å²) < 4.78 is 4.74. The maximum atomic E-state index is 12.6. The molecule has 0 aliphatic heterocycles. The zero-order chi connectivity index (χ0) is 18.4. The van der Waals surface area contributed by atoms with Gasteiger partial charge in [-0.05, 0) is 35.9 Å². The Morgan fingerprint density at radius 2 is 1.84 bits per heavy atom. The van der Waals surface area contributed by atoms with Gasteiger partial charge >= 0.3 is 5.97 Å². The van der Waals surface area contributed by atoms with Crippen LogP contribution >= 0.6 is 11.6 Å². The number of hydrogen-bond acceptors (Lipinski definition) is 4.